The van der Waals surface area contributed by atoms with Gasteiger partial charge in [0, 0.05) is 43.5 Å². The fraction of sp³-hybridized carbons (Fsp3) is 0.261. The standard InChI is InChI=1S/C16H18FN2.C7H6O2.Ir/c1-10(2)14-9-18-16(15(19-14)11(3)4)12-5-7-13(17)8-6-12;8-5-6-3-1-2-4-7(6)9;/h5,7-11H,1-4H3;1-5,9H;/q-1;;. The normalized spacial score (nSPS) is 10.2. The van der Waals surface area contributed by atoms with E-state index >= 15 is 0 Å². The van der Waals surface area contributed by atoms with Crippen LogP contribution in [-0.4, -0.2) is 21.4 Å². The molecule has 0 aliphatic heterocycles. The Balaban J connectivity index is 0.000000355. The summed E-state index contributed by atoms with van der Waals surface area (Å²) in [5.41, 5.74) is 3.83. The number of phenolic OH excluding ortho intramolecular Hbond substituents is 1. The van der Waals surface area contributed by atoms with Crippen molar-refractivity contribution >= 4 is 6.29 Å². The van der Waals surface area contributed by atoms with E-state index in [2.05, 4.69) is 38.7 Å². The van der Waals surface area contributed by atoms with Gasteiger partial charge in [-0.1, -0.05) is 39.8 Å². The minimum atomic E-state index is -0.290. The summed E-state index contributed by atoms with van der Waals surface area (Å²) >= 11 is 0. The van der Waals surface area contributed by atoms with Crippen molar-refractivity contribution in [2.24, 2.45) is 0 Å². The van der Waals surface area contributed by atoms with Crippen LogP contribution in [0.5, 0.6) is 5.75 Å². The molecule has 0 saturated carbocycles. The third-order valence-electron chi connectivity index (χ3n) is 4.05. The fourth-order valence-corrected chi connectivity index (χ4v) is 2.45. The van der Waals surface area contributed by atoms with Crippen molar-refractivity contribution in [3.63, 3.8) is 0 Å². The number of aromatic nitrogens is 2. The SMILES string of the molecule is CC(C)c1cnc(-c2[c-]cc(F)cc2)c(C(C)C)n1.O=Cc1ccccc1O.[Ir]. The van der Waals surface area contributed by atoms with Gasteiger partial charge in [0.1, 0.15) is 5.75 Å². The molecule has 0 aliphatic rings. The van der Waals surface area contributed by atoms with Crippen LogP contribution in [0.3, 0.4) is 0 Å². The van der Waals surface area contributed by atoms with E-state index in [0.29, 0.717) is 17.8 Å². The summed E-state index contributed by atoms with van der Waals surface area (Å²) in [4.78, 5) is 19.3. The summed E-state index contributed by atoms with van der Waals surface area (Å²) in [5.74, 6) is 0.352. The Kier molecular flexibility index (Phi) is 9.79. The van der Waals surface area contributed by atoms with Crippen LogP contribution < -0.4 is 0 Å². The zero-order valence-electron chi connectivity index (χ0n) is 16.8. The first-order valence-electron chi connectivity index (χ1n) is 9.11. The molecule has 6 heteroatoms. The number of phenols is 1. The quantitative estimate of drug-likeness (QED) is 0.330. The molecule has 1 heterocycles. The predicted molar refractivity (Wildman–Crippen MR) is 108 cm³/mol. The monoisotopic (exact) mass is 572 g/mol. The maximum atomic E-state index is 13.0. The van der Waals surface area contributed by atoms with Crippen molar-refractivity contribution in [2.75, 3.05) is 0 Å². The van der Waals surface area contributed by atoms with Crippen molar-refractivity contribution in [3.8, 4) is 17.0 Å². The summed E-state index contributed by atoms with van der Waals surface area (Å²) in [5, 5.41) is 8.88. The zero-order valence-corrected chi connectivity index (χ0v) is 19.2. The molecule has 0 spiro atoms. The Morgan fingerprint density at radius 3 is 2.24 bits per heavy atom. The first-order valence-corrected chi connectivity index (χ1v) is 9.11. The largest absolute Gasteiger partial charge is 0.507 e. The van der Waals surface area contributed by atoms with Gasteiger partial charge in [0.05, 0.1) is 11.3 Å². The van der Waals surface area contributed by atoms with Crippen LogP contribution in [0.1, 0.15) is 61.3 Å². The summed E-state index contributed by atoms with van der Waals surface area (Å²) in [6, 6.07) is 13.8. The second-order valence-electron chi connectivity index (χ2n) is 6.94. The van der Waals surface area contributed by atoms with Gasteiger partial charge in [0.2, 0.25) is 0 Å². The molecule has 29 heavy (non-hydrogen) atoms. The number of hydrogen-bond donors (Lipinski definition) is 1. The third-order valence-corrected chi connectivity index (χ3v) is 4.05. The molecule has 0 fully saturated rings. The number of aromatic hydroxyl groups is 1. The molecule has 1 radical (unpaired) electrons. The number of carbonyl (C=O) groups excluding carboxylic acids is 1. The van der Waals surface area contributed by atoms with Crippen molar-refractivity contribution < 1.29 is 34.4 Å². The molecule has 1 N–H and O–H groups in total. The summed E-state index contributed by atoms with van der Waals surface area (Å²) in [6.07, 6.45) is 2.42. The number of para-hydroxylation sites is 1. The minimum absolute atomic E-state index is 0. The molecule has 0 saturated heterocycles. The van der Waals surface area contributed by atoms with Crippen molar-refractivity contribution in [1.82, 2.24) is 9.97 Å². The van der Waals surface area contributed by atoms with Crippen LogP contribution in [0, 0.1) is 11.9 Å². The van der Waals surface area contributed by atoms with E-state index < -0.39 is 0 Å². The Morgan fingerprint density at radius 2 is 1.76 bits per heavy atom. The Morgan fingerprint density at radius 1 is 1.07 bits per heavy atom. The Labute approximate surface area is 184 Å². The number of halogens is 1. The molecule has 2 aromatic carbocycles. The molecule has 0 atom stereocenters. The number of hydrogen-bond acceptors (Lipinski definition) is 4. The van der Waals surface area contributed by atoms with E-state index in [1.165, 1.54) is 18.2 Å². The molecule has 0 amide bonds. The average molecular weight is 572 g/mol. The first kappa shape index (κ1) is 24.6. The van der Waals surface area contributed by atoms with Crippen LogP contribution in [0.4, 0.5) is 4.39 Å². The second kappa shape index (κ2) is 11.5. The Bertz CT molecular complexity index is 928. The van der Waals surface area contributed by atoms with E-state index in [0.717, 1.165) is 22.6 Å². The molecule has 155 valence electrons. The van der Waals surface area contributed by atoms with Crippen molar-refractivity contribution in [2.45, 2.75) is 39.5 Å². The maximum Gasteiger partial charge on any atom is 0.153 e. The number of rotatable bonds is 4. The van der Waals surface area contributed by atoms with Crippen LogP contribution >= 0.6 is 0 Å². The van der Waals surface area contributed by atoms with E-state index in [1.807, 2.05) is 0 Å². The Hall–Kier alpha value is -2.43. The maximum absolute atomic E-state index is 13.0. The van der Waals surface area contributed by atoms with Crippen LogP contribution in [-0.2, 0) is 20.1 Å². The van der Waals surface area contributed by atoms with Crippen molar-refractivity contribution in [3.05, 3.63) is 77.5 Å². The van der Waals surface area contributed by atoms with Gasteiger partial charge >= 0.3 is 0 Å². The van der Waals surface area contributed by atoms with Crippen molar-refractivity contribution in [1.29, 1.82) is 0 Å². The zero-order chi connectivity index (χ0) is 20.7. The van der Waals surface area contributed by atoms with E-state index in [9.17, 15) is 9.18 Å². The average Bonchev–Trinajstić information content (AvgIpc) is 2.69. The van der Waals surface area contributed by atoms with Gasteiger partial charge in [-0.3, -0.25) is 14.2 Å². The van der Waals surface area contributed by atoms with Crippen LogP contribution in [0.2, 0.25) is 0 Å². The number of benzene rings is 2. The molecule has 4 nitrogen and oxygen atoms in total. The van der Waals surface area contributed by atoms with Gasteiger partial charge in [0.15, 0.2) is 6.29 Å². The number of aldehydes is 1. The summed E-state index contributed by atoms with van der Waals surface area (Å²) in [6.45, 7) is 8.36. The number of carbonyl (C=O) groups is 1. The van der Waals surface area contributed by atoms with Gasteiger partial charge < -0.3 is 10.1 Å². The third kappa shape index (κ3) is 6.84. The predicted octanol–water partition coefficient (Wildman–Crippen LogP) is 5.53. The molecule has 0 aliphatic carbocycles. The topological polar surface area (TPSA) is 63.1 Å². The van der Waals surface area contributed by atoms with E-state index in [4.69, 9.17) is 10.1 Å². The summed E-state index contributed by atoms with van der Waals surface area (Å²) < 4.78 is 13.0. The van der Waals surface area contributed by atoms with E-state index in [-0.39, 0.29) is 37.6 Å². The molecular formula is C23H24FIrN2O2-. The van der Waals surface area contributed by atoms with Crippen LogP contribution in [0.15, 0.2) is 48.7 Å². The molecule has 0 unspecified atom stereocenters. The van der Waals surface area contributed by atoms with Gasteiger partial charge in [0.25, 0.3) is 0 Å². The molecular weight excluding hydrogens is 547 g/mol. The van der Waals surface area contributed by atoms with Gasteiger partial charge in [-0.05, 0) is 24.0 Å². The molecule has 3 aromatic rings. The number of nitrogens with zero attached hydrogens (tertiary/aromatic N) is 2. The fourth-order valence-electron chi connectivity index (χ4n) is 2.45. The second-order valence-corrected chi connectivity index (χ2v) is 6.94. The van der Waals surface area contributed by atoms with Crippen LogP contribution in [0.25, 0.3) is 11.3 Å². The smallest absolute Gasteiger partial charge is 0.153 e. The van der Waals surface area contributed by atoms with Gasteiger partial charge in [-0.15, -0.1) is 29.8 Å². The summed E-state index contributed by atoms with van der Waals surface area (Å²) in [7, 11) is 0. The minimum Gasteiger partial charge on any atom is -0.507 e. The molecule has 0 bridgehead atoms. The van der Waals surface area contributed by atoms with Gasteiger partial charge in [-0.25, -0.2) is 0 Å². The first-order chi connectivity index (χ1) is 13.3. The molecule has 3 rings (SSSR count). The van der Waals surface area contributed by atoms with E-state index in [1.54, 1.807) is 30.5 Å². The van der Waals surface area contributed by atoms with Gasteiger partial charge in [-0.2, -0.15) is 0 Å². The molecule has 1 aromatic heterocycles.